The van der Waals surface area contributed by atoms with Crippen LogP contribution in [0, 0.1) is 5.92 Å². The first-order valence-corrected chi connectivity index (χ1v) is 8.59. The minimum atomic E-state index is -0.561. The van der Waals surface area contributed by atoms with Crippen LogP contribution in [0.25, 0.3) is 0 Å². The molecule has 4 nitrogen and oxygen atoms in total. The number of esters is 1. The van der Waals surface area contributed by atoms with Gasteiger partial charge in [0.1, 0.15) is 5.54 Å². The maximum absolute atomic E-state index is 12.3. The fraction of sp³-hybridized carbons (Fsp3) is 0.941. The SMILES string of the molecule is CCCNC(C)(CCN1CCC(C)CC1C)C(=O)OCC. The molecule has 0 spiro atoms. The molecule has 124 valence electrons. The van der Waals surface area contributed by atoms with Gasteiger partial charge in [-0.3, -0.25) is 4.79 Å². The standard InChI is InChI=1S/C17H34N2O2/c1-6-10-18-17(5,16(20)21-7-2)9-12-19-11-8-14(3)13-15(19)4/h14-15,18H,6-13H2,1-5H3. The van der Waals surface area contributed by atoms with Crippen LogP contribution in [-0.2, 0) is 9.53 Å². The van der Waals surface area contributed by atoms with Crippen LogP contribution in [-0.4, -0.2) is 48.7 Å². The van der Waals surface area contributed by atoms with Crippen molar-refractivity contribution in [1.29, 1.82) is 0 Å². The van der Waals surface area contributed by atoms with E-state index in [2.05, 4.69) is 31.0 Å². The Kier molecular flexibility index (Phi) is 7.67. The first-order valence-electron chi connectivity index (χ1n) is 8.59. The summed E-state index contributed by atoms with van der Waals surface area (Å²) < 4.78 is 5.27. The summed E-state index contributed by atoms with van der Waals surface area (Å²) in [6.07, 6.45) is 4.36. The summed E-state index contributed by atoms with van der Waals surface area (Å²) in [5, 5.41) is 3.39. The van der Waals surface area contributed by atoms with Crippen LogP contribution in [0.15, 0.2) is 0 Å². The number of carbonyl (C=O) groups is 1. The zero-order valence-corrected chi connectivity index (χ0v) is 14.6. The average molecular weight is 298 g/mol. The zero-order chi connectivity index (χ0) is 15.9. The molecule has 1 aliphatic rings. The van der Waals surface area contributed by atoms with Crippen LogP contribution in [0.1, 0.15) is 60.3 Å². The topological polar surface area (TPSA) is 41.6 Å². The summed E-state index contributed by atoms with van der Waals surface area (Å²) in [7, 11) is 0. The molecule has 1 N–H and O–H groups in total. The molecule has 0 aliphatic carbocycles. The van der Waals surface area contributed by atoms with Crippen molar-refractivity contribution in [3.05, 3.63) is 0 Å². The Morgan fingerprint density at radius 2 is 2.10 bits per heavy atom. The molecule has 1 saturated heterocycles. The molecule has 1 rings (SSSR count). The smallest absolute Gasteiger partial charge is 0.326 e. The van der Waals surface area contributed by atoms with Crippen molar-refractivity contribution in [3.63, 3.8) is 0 Å². The summed E-state index contributed by atoms with van der Waals surface area (Å²) in [4.78, 5) is 14.8. The molecule has 0 amide bonds. The van der Waals surface area contributed by atoms with E-state index in [1.165, 1.54) is 12.8 Å². The van der Waals surface area contributed by atoms with Gasteiger partial charge in [-0.05, 0) is 65.5 Å². The fourth-order valence-electron chi connectivity index (χ4n) is 3.11. The number of nitrogens with zero attached hydrogens (tertiary/aromatic N) is 1. The van der Waals surface area contributed by atoms with Crippen molar-refractivity contribution >= 4 is 5.97 Å². The van der Waals surface area contributed by atoms with Gasteiger partial charge in [0.05, 0.1) is 6.61 Å². The number of likely N-dealkylation sites (tertiary alicyclic amines) is 1. The maximum atomic E-state index is 12.3. The van der Waals surface area contributed by atoms with E-state index in [1.807, 2.05) is 13.8 Å². The summed E-state index contributed by atoms with van der Waals surface area (Å²) >= 11 is 0. The van der Waals surface area contributed by atoms with Crippen molar-refractivity contribution in [3.8, 4) is 0 Å². The Labute approximate surface area is 130 Å². The summed E-state index contributed by atoms with van der Waals surface area (Å²) in [5.74, 6) is 0.711. The van der Waals surface area contributed by atoms with Gasteiger partial charge < -0.3 is 15.0 Å². The lowest BCUT2D eigenvalue weighted by Crippen LogP contribution is -2.53. The van der Waals surface area contributed by atoms with Gasteiger partial charge in [-0.1, -0.05) is 13.8 Å². The first kappa shape index (κ1) is 18.4. The molecule has 21 heavy (non-hydrogen) atoms. The zero-order valence-electron chi connectivity index (χ0n) is 14.6. The van der Waals surface area contributed by atoms with Gasteiger partial charge in [-0.15, -0.1) is 0 Å². The molecule has 0 radical (unpaired) electrons. The van der Waals surface area contributed by atoms with Gasteiger partial charge in [0.25, 0.3) is 0 Å². The summed E-state index contributed by atoms with van der Waals surface area (Å²) in [6, 6.07) is 0.617. The third kappa shape index (κ3) is 5.59. The van der Waals surface area contributed by atoms with E-state index in [4.69, 9.17) is 4.74 Å². The van der Waals surface area contributed by atoms with Crippen molar-refractivity contribution in [2.45, 2.75) is 71.9 Å². The summed E-state index contributed by atoms with van der Waals surface area (Å²) in [5.41, 5.74) is -0.561. The first-order chi connectivity index (χ1) is 9.92. The monoisotopic (exact) mass is 298 g/mol. The van der Waals surface area contributed by atoms with Crippen LogP contribution in [0.3, 0.4) is 0 Å². The van der Waals surface area contributed by atoms with Gasteiger partial charge in [-0.25, -0.2) is 0 Å². The normalized spacial score (nSPS) is 26.3. The lowest BCUT2D eigenvalue weighted by molar-refractivity contribution is -0.151. The Bertz CT molecular complexity index is 322. The molecular weight excluding hydrogens is 264 g/mol. The highest BCUT2D eigenvalue weighted by atomic mass is 16.5. The third-order valence-electron chi connectivity index (χ3n) is 4.67. The van der Waals surface area contributed by atoms with Crippen molar-refractivity contribution in [2.24, 2.45) is 5.92 Å². The van der Waals surface area contributed by atoms with Crippen LogP contribution < -0.4 is 5.32 Å². The number of carbonyl (C=O) groups excluding carboxylic acids is 1. The number of piperidine rings is 1. The van der Waals surface area contributed by atoms with Gasteiger partial charge in [-0.2, -0.15) is 0 Å². The minimum absolute atomic E-state index is 0.114. The molecular formula is C17H34N2O2. The Morgan fingerprint density at radius 3 is 2.67 bits per heavy atom. The molecule has 0 aromatic carbocycles. The van der Waals surface area contributed by atoms with E-state index in [0.29, 0.717) is 12.6 Å². The molecule has 1 fully saturated rings. The molecule has 0 saturated carbocycles. The van der Waals surface area contributed by atoms with E-state index >= 15 is 0 Å². The van der Waals surface area contributed by atoms with Crippen LogP contribution in [0.2, 0.25) is 0 Å². The number of rotatable bonds is 8. The van der Waals surface area contributed by atoms with Crippen molar-refractivity contribution in [1.82, 2.24) is 10.2 Å². The van der Waals surface area contributed by atoms with Gasteiger partial charge in [0, 0.05) is 12.6 Å². The highest BCUT2D eigenvalue weighted by molar-refractivity contribution is 5.80. The average Bonchev–Trinajstić information content (AvgIpc) is 2.44. The van der Waals surface area contributed by atoms with Gasteiger partial charge >= 0.3 is 5.97 Å². The predicted octanol–water partition coefficient (Wildman–Crippen LogP) is 2.82. The molecule has 0 aromatic heterocycles. The molecule has 1 aliphatic heterocycles. The molecule has 4 heteroatoms. The highest BCUT2D eigenvalue weighted by Gasteiger charge is 2.35. The molecule has 0 bridgehead atoms. The second kappa shape index (κ2) is 8.74. The lowest BCUT2D eigenvalue weighted by Gasteiger charge is -2.38. The van der Waals surface area contributed by atoms with Crippen LogP contribution in [0.4, 0.5) is 0 Å². The second-order valence-electron chi connectivity index (χ2n) is 6.74. The fourth-order valence-corrected chi connectivity index (χ4v) is 3.11. The molecule has 3 atom stereocenters. The lowest BCUT2D eigenvalue weighted by atomic mass is 9.91. The molecule has 1 heterocycles. The Hall–Kier alpha value is -0.610. The van der Waals surface area contributed by atoms with E-state index < -0.39 is 5.54 Å². The second-order valence-corrected chi connectivity index (χ2v) is 6.74. The molecule has 0 aromatic rings. The quantitative estimate of drug-likeness (QED) is 0.700. The van der Waals surface area contributed by atoms with Gasteiger partial charge in [0.15, 0.2) is 0 Å². The third-order valence-corrected chi connectivity index (χ3v) is 4.67. The van der Waals surface area contributed by atoms with E-state index in [0.717, 1.165) is 38.4 Å². The van der Waals surface area contributed by atoms with E-state index in [1.54, 1.807) is 0 Å². The Morgan fingerprint density at radius 1 is 1.38 bits per heavy atom. The van der Waals surface area contributed by atoms with Crippen LogP contribution >= 0.6 is 0 Å². The number of hydrogen-bond acceptors (Lipinski definition) is 4. The maximum Gasteiger partial charge on any atom is 0.326 e. The van der Waals surface area contributed by atoms with E-state index in [9.17, 15) is 4.79 Å². The van der Waals surface area contributed by atoms with Crippen molar-refractivity contribution < 1.29 is 9.53 Å². The molecule has 3 unspecified atom stereocenters. The van der Waals surface area contributed by atoms with Gasteiger partial charge in [0.2, 0.25) is 0 Å². The van der Waals surface area contributed by atoms with E-state index in [-0.39, 0.29) is 5.97 Å². The predicted molar refractivity (Wildman–Crippen MR) is 87.4 cm³/mol. The largest absolute Gasteiger partial charge is 0.465 e. The summed E-state index contributed by atoms with van der Waals surface area (Å²) in [6.45, 7) is 14.0. The minimum Gasteiger partial charge on any atom is -0.465 e. The Balaban J connectivity index is 2.57. The van der Waals surface area contributed by atoms with Crippen LogP contribution in [0.5, 0.6) is 0 Å². The number of hydrogen-bond donors (Lipinski definition) is 1. The van der Waals surface area contributed by atoms with Crippen molar-refractivity contribution in [2.75, 3.05) is 26.2 Å². The number of nitrogens with one attached hydrogen (secondary N) is 1. The highest BCUT2D eigenvalue weighted by Crippen LogP contribution is 2.23. The number of ether oxygens (including phenoxy) is 1.